The highest BCUT2D eigenvalue weighted by Crippen LogP contribution is 2.38. The summed E-state index contributed by atoms with van der Waals surface area (Å²) in [6, 6.07) is 45.3. The number of rotatable bonds is 13. The van der Waals surface area contributed by atoms with Crippen LogP contribution in [0, 0.1) is 6.92 Å². The Hall–Kier alpha value is -4.73. The fourth-order valence-electron chi connectivity index (χ4n) is 5.48. The number of esters is 2. The third-order valence-corrected chi connectivity index (χ3v) is 9.23. The molecule has 7 nitrogen and oxygen atoms in total. The average molecular weight is 675 g/mol. The van der Waals surface area contributed by atoms with Gasteiger partial charge in [0.2, 0.25) is 0 Å². The molecule has 0 bridgehead atoms. The molecule has 250 valence electrons. The lowest BCUT2D eigenvalue weighted by Gasteiger charge is -2.45. The Morgan fingerprint density at radius 3 is 1.63 bits per heavy atom. The van der Waals surface area contributed by atoms with Crippen molar-refractivity contribution in [3.05, 3.63) is 173 Å². The summed E-state index contributed by atoms with van der Waals surface area (Å²) < 4.78 is 32.2. The molecule has 8 heteroatoms. The monoisotopic (exact) mass is 674 g/mol. The van der Waals surface area contributed by atoms with Gasteiger partial charge in [-0.1, -0.05) is 127 Å². The number of aryl methyl sites for hydroxylation is 1. The van der Waals surface area contributed by atoms with Crippen LogP contribution < -0.4 is 0 Å². The Morgan fingerprint density at radius 1 is 0.592 bits per heavy atom. The summed E-state index contributed by atoms with van der Waals surface area (Å²) in [7, 11) is 0. The lowest BCUT2D eigenvalue weighted by atomic mass is 9.98. The van der Waals surface area contributed by atoms with Crippen LogP contribution in [0.3, 0.4) is 0 Å². The van der Waals surface area contributed by atoms with Crippen molar-refractivity contribution in [3.63, 3.8) is 0 Å². The van der Waals surface area contributed by atoms with Crippen LogP contribution >= 0.6 is 11.8 Å². The number of thioether (sulfide) groups is 1. The molecule has 0 aromatic heterocycles. The Bertz CT molecular complexity index is 1750. The Balaban J connectivity index is 1.36. The Labute approximate surface area is 291 Å². The van der Waals surface area contributed by atoms with Crippen LogP contribution in [-0.4, -0.2) is 48.4 Å². The van der Waals surface area contributed by atoms with Crippen LogP contribution in [-0.2, 0) is 36.9 Å². The lowest BCUT2D eigenvalue weighted by molar-refractivity contribution is -0.237. The maximum atomic E-state index is 13.6. The van der Waals surface area contributed by atoms with Crippen molar-refractivity contribution in [2.24, 2.45) is 0 Å². The van der Waals surface area contributed by atoms with Crippen molar-refractivity contribution in [3.8, 4) is 0 Å². The first kappa shape index (κ1) is 34.1. The van der Waals surface area contributed by atoms with E-state index < -0.39 is 41.8 Å². The molecule has 0 spiro atoms. The van der Waals surface area contributed by atoms with Crippen molar-refractivity contribution in [2.45, 2.75) is 54.9 Å². The molecule has 6 rings (SSSR count). The molecule has 5 atom stereocenters. The van der Waals surface area contributed by atoms with E-state index in [0.717, 1.165) is 21.6 Å². The quantitative estimate of drug-likeness (QED) is 0.116. The molecule has 5 aromatic rings. The molecule has 0 saturated carbocycles. The van der Waals surface area contributed by atoms with Gasteiger partial charge in [-0.25, -0.2) is 9.59 Å². The number of ether oxygens (including phenoxy) is 5. The highest BCUT2D eigenvalue weighted by atomic mass is 32.2. The van der Waals surface area contributed by atoms with E-state index >= 15 is 0 Å². The van der Waals surface area contributed by atoms with Gasteiger partial charge >= 0.3 is 11.9 Å². The van der Waals surface area contributed by atoms with Crippen LogP contribution in [0.25, 0.3) is 0 Å². The third kappa shape index (κ3) is 9.46. The summed E-state index contributed by atoms with van der Waals surface area (Å²) in [4.78, 5) is 27.7. The van der Waals surface area contributed by atoms with E-state index in [1.54, 1.807) is 48.5 Å². The van der Waals surface area contributed by atoms with Gasteiger partial charge in [-0.15, -0.1) is 0 Å². The van der Waals surface area contributed by atoms with Crippen LogP contribution in [0.4, 0.5) is 0 Å². The van der Waals surface area contributed by atoms with Crippen molar-refractivity contribution in [1.29, 1.82) is 0 Å². The fourth-order valence-corrected chi connectivity index (χ4v) is 6.61. The summed E-state index contributed by atoms with van der Waals surface area (Å²) in [6.45, 7) is 2.36. The predicted molar refractivity (Wildman–Crippen MR) is 188 cm³/mol. The van der Waals surface area contributed by atoms with E-state index in [1.807, 2.05) is 104 Å². The molecule has 1 fully saturated rings. The van der Waals surface area contributed by atoms with Gasteiger partial charge in [-0.3, -0.25) is 0 Å². The van der Waals surface area contributed by atoms with E-state index in [0.29, 0.717) is 11.1 Å². The SMILES string of the molecule is Cc1ccc(S[C@@H]2O[C@H](COC(=O)c3ccccc3)[C@H](OC(=O)c3ccccc3)[C@H](OCc3ccccc3)[C@H]2OCc2ccccc2)cc1. The van der Waals surface area contributed by atoms with Gasteiger partial charge in [-0.2, -0.15) is 0 Å². The number of carbonyl (C=O) groups excluding carboxylic acids is 2. The molecular formula is C41H38O7S. The standard InChI is InChI=1S/C41H38O7S/c1-29-22-24-34(25-23-29)49-41-38(45-27-31-16-8-3-9-17-31)37(44-26-30-14-6-2-7-15-30)36(48-40(43)33-20-12-5-13-21-33)35(47-41)28-46-39(42)32-18-10-4-11-19-32/h2-25,35-38,41H,26-28H2,1H3/t35-,36+,37+,38-,41+/m1/s1. The van der Waals surface area contributed by atoms with E-state index in [1.165, 1.54) is 11.8 Å². The minimum atomic E-state index is -0.990. The molecule has 0 amide bonds. The molecule has 1 saturated heterocycles. The zero-order valence-electron chi connectivity index (χ0n) is 27.1. The Kier molecular flexibility index (Phi) is 11.9. The van der Waals surface area contributed by atoms with Crippen molar-refractivity contribution in [1.82, 2.24) is 0 Å². The van der Waals surface area contributed by atoms with Gasteiger partial charge in [0.05, 0.1) is 24.3 Å². The van der Waals surface area contributed by atoms with Gasteiger partial charge in [-0.05, 0) is 54.4 Å². The van der Waals surface area contributed by atoms with Crippen LogP contribution in [0.2, 0.25) is 0 Å². The number of carbonyl (C=O) groups is 2. The molecule has 1 heterocycles. The first-order chi connectivity index (χ1) is 24.0. The van der Waals surface area contributed by atoms with Crippen molar-refractivity contribution < 1.29 is 33.3 Å². The maximum absolute atomic E-state index is 13.6. The zero-order valence-corrected chi connectivity index (χ0v) is 27.9. The second-order valence-electron chi connectivity index (χ2n) is 11.7. The van der Waals surface area contributed by atoms with Crippen LogP contribution in [0.15, 0.2) is 150 Å². The van der Waals surface area contributed by atoms with Gasteiger partial charge < -0.3 is 23.7 Å². The summed E-state index contributed by atoms with van der Waals surface area (Å²) in [5.41, 5.74) is 3.22. The lowest BCUT2D eigenvalue weighted by Crippen LogP contribution is -2.61. The molecule has 5 aromatic carbocycles. The smallest absolute Gasteiger partial charge is 0.338 e. The largest absolute Gasteiger partial charge is 0.459 e. The zero-order chi connectivity index (χ0) is 33.8. The first-order valence-electron chi connectivity index (χ1n) is 16.2. The summed E-state index contributed by atoms with van der Waals surface area (Å²) >= 11 is 1.49. The maximum Gasteiger partial charge on any atom is 0.338 e. The fraction of sp³-hybridized carbons (Fsp3) is 0.220. The van der Waals surface area contributed by atoms with E-state index in [9.17, 15) is 9.59 Å². The van der Waals surface area contributed by atoms with Crippen molar-refractivity contribution >= 4 is 23.7 Å². The molecule has 0 aliphatic carbocycles. The van der Waals surface area contributed by atoms with E-state index in [4.69, 9.17) is 23.7 Å². The minimum absolute atomic E-state index is 0.179. The second kappa shape index (κ2) is 17.1. The highest BCUT2D eigenvalue weighted by molar-refractivity contribution is 7.99. The molecule has 0 unspecified atom stereocenters. The molecular weight excluding hydrogens is 637 g/mol. The second-order valence-corrected chi connectivity index (χ2v) is 12.9. The Morgan fingerprint density at radius 2 is 1.08 bits per heavy atom. The number of hydrogen-bond acceptors (Lipinski definition) is 8. The first-order valence-corrected chi connectivity index (χ1v) is 17.1. The van der Waals surface area contributed by atoms with Gasteiger partial charge in [0, 0.05) is 4.90 Å². The molecule has 49 heavy (non-hydrogen) atoms. The topological polar surface area (TPSA) is 80.3 Å². The average Bonchev–Trinajstić information content (AvgIpc) is 3.15. The number of hydrogen-bond donors (Lipinski definition) is 0. The number of benzene rings is 5. The molecule has 1 aliphatic rings. The third-order valence-electron chi connectivity index (χ3n) is 8.08. The molecule has 1 aliphatic heterocycles. The van der Waals surface area contributed by atoms with Gasteiger partial charge in [0.25, 0.3) is 0 Å². The molecule has 0 radical (unpaired) electrons. The predicted octanol–water partition coefficient (Wildman–Crippen LogP) is 8.07. The molecule has 0 N–H and O–H groups in total. The minimum Gasteiger partial charge on any atom is -0.459 e. The normalized spacial score (nSPS) is 20.3. The van der Waals surface area contributed by atoms with Crippen LogP contribution in [0.1, 0.15) is 37.4 Å². The van der Waals surface area contributed by atoms with E-state index in [2.05, 4.69) is 0 Å². The summed E-state index contributed by atoms with van der Waals surface area (Å²) in [5.74, 6) is -1.06. The highest BCUT2D eigenvalue weighted by Gasteiger charge is 2.50. The summed E-state index contributed by atoms with van der Waals surface area (Å²) in [5, 5.41) is 0. The van der Waals surface area contributed by atoms with Crippen molar-refractivity contribution in [2.75, 3.05) is 6.61 Å². The van der Waals surface area contributed by atoms with Crippen LogP contribution in [0.5, 0.6) is 0 Å². The van der Waals surface area contributed by atoms with E-state index in [-0.39, 0.29) is 19.8 Å². The van der Waals surface area contributed by atoms with Gasteiger partial charge in [0.1, 0.15) is 30.4 Å². The summed E-state index contributed by atoms with van der Waals surface area (Å²) in [6.07, 6.45) is -3.35. The van der Waals surface area contributed by atoms with Gasteiger partial charge in [0.15, 0.2) is 6.10 Å².